The number of hydrogen-bond acceptors (Lipinski definition) is 4. The minimum absolute atomic E-state index is 0.107. The van der Waals surface area contributed by atoms with Crippen LogP contribution < -0.4 is 5.14 Å². The molecular weight excluding hydrogens is 297 g/mol. The highest BCUT2D eigenvalue weighted by atomic mass is 32.2. The fourth-order valence-electron chi connectivity index (χ4n) is 2.52. The van der Waals surface area contributed by atoms with Crippen LogP contribution in [0.3, 0.4) is 0 Å². The summed E-state index contributed by atoms with van der Waals surface area (Å²) in [4.78, 5) is 11.5. The van der Waals surface area contributed by atoms with Gasteiger partial charge in [0.15, 0.2) is 0 Å². The van der Waals surface area contributed by atoms with Crippen LogP contribution in [0.15, 0.2) is 17.0 Å². The van der Waals surface area contributed by atoms with Crippen molar-refractivity contribution in [1.82, 2.24) is 0 Å². The van der Waals surface area contributed by atoms with E-state index in [2.05, 4.69) is 0 Å². The number of rotatable bonds is 4. The molecular formula is C14H18FNO4S. The van der Waals surface area contributed by atoms with Gasteiger partial charge in [-0.05, 0) is 37.8 Å². The van der Waals surface area contributed by atoms with E-state index in [1.807, 2.05) is 0 Å². The number of esters is 1. The summed E-state index contributed by atoms with van der Waals surface area (Å²) in [5, 5.41) is 5.02. The normalized spacial score (nSPS) is 16.1. The molecule has 1 aromatic carbocycles. The van der Waals surface area contributed by atoms with Crippen LogP contribution in [0.5, 0.6) is 0 Å². The molecule has 1 saturated carbocycles. The zero-order chi connectivity index (χ0) is 15.6. The minimum Gasteiger partial charge on any atom is -0.462 e. The molecule has 2 N–H and O–H groups in total. The molecule has 0 atom stereocenters. The number of benzene rings is 1. The molecule has 0 aromatic heterocycles. The van der Waals surface area contributed by atoms with Gasteiger partial charge in [-0.2, -0.15) is 0 Å². The maximum absolute atomic E-state index is 13.7. The third-order valence-electron chi connectivity index (χ3n) is 3.76. The molecule has 1 aromatic rings. The molecule has 7 heteroatoms. The molecule has 2 rings (SSSR count). The van der Waals surface area contributed by atoms with Gasteiger partial charge in [0.1, 0.15) is 5.82 Å². The standard InChI is InChI=1S/C14H18FNO4S/c1-9-12(15)6-11(7-13(9)21(16,18)19)14(17)20-8-10-4-2-3-5-10/h6-7,10H,2-5,8H2,1H3,(H2,16,18,19). The summed E-state index contributed by atoms with van der Waals surface area (Å²) in [5.41, 5.74) is -0.245. The highest BCUT2D eigenvalue weighted by Crippen LogP contribution is 2.25. The second-order valence-corrected chi connectivity index (χ2v) is 6.91. The van der Waals surface area contributed by atoms with Crippen LogP contribution in [0.2, 0.25) is 0 Å². The minimum atomic E-state index is -4.09. The number of carbonyl (C=O) groups is 1. The molecule has 0 amide bonds. The summed E-state index contributed by atoms with van der Waals surface area (Å²) >= 11 is 0. The van der Waals surface area contributed by atoms with Crippen molar-refractivity contribution in [2.75, 3.05) is 6.61 Å². The van der Waals surface area contributed by atoms with Gasteiger partial charge in [-0.1, -0.05) is 12.8 Å². The van der Waals surface area contributed by atoms with Gasteiger partial charge in [0, 0.05) is 5.56 Å². The Hall–Kier alpha value is -1.47. The van der Waals surface area contributed by atoms with Crippen LogP contribution in [0.25, 0.3) is 0 Å². The van der Waals surface area contributed by atoms with E-state index in [1.54, 1.807) is 0 Å². The van der Waals surface area contributed by atoms with Crippen molar-refractivity contribution in [1.29, 1.82) is 0 Å². The number of carbonyl (C=O) groups excluding carboxylic acids is 1. The molecule has 1 aliphatic carbocycles. The first kappa shape index (κ1) is 15.9. The summed E-state index contributed by atoms with van der Waals surface area (Å²) < 4.78 is 41.7. The fourth-order valence-corrected chi connectivity index (χ4v) is 3.34. The van der Waals surface area contributed by atoms with Gasteiger partial charge in [-0.25, -0.2) is 22.7 Å². The molecule has 0 bridgehead atoms. The van der Waals surface area contributed by atoms with E-state index in [4.69, 9.17) is 9.88 Å². The Bertz CT molecular complexity index is 651. The average molecular weight is 315 g/mol. The van der Waals surface area contributed by atoms with E-state index < -0.39 is 26.7 Å². The highest BCUT2D eigenvalue weighted by molar-refractivity contribution is 7.89. The number of primary sulfonamides is 1. The van der Waals surface area contributed by atoms with Crippen LogP contribution in [0, 0.1) is 18.7 Å². The smallest absolute Gasteiger partial charge is 0.338 e. The molecule has 0 radical (unpaired) electrons. The van der Waals surface area contributed by atoms with Crippen LogP contribution in [0.1, 0.15) is 41.6 Å². The first-order valence-electron chi connectivity index (χ1n) is 6.79. The molecule has 21 heavy (non-hydrogen) atoms. The lowest BCUT2D eigenvalue weighted by atomic mass is 10.1. The summed E-state index contributed by atoms with van der Waals surface area (Å²) in [5.74, 6) is -1.19. The number of nitrogens with two attached hydrogens (primary N) is 1. The van der Waals surface area contributed by atoms with Crippen molar-refractivity contribution in [2.45, 2.75) is 37.5 Å². The Labute approximate surface area is 123 Å². The zero-order valence-electron chi connectivity index (χ0n) is 11.8. The van der Waals surface area contributed by atoms with Crippen molar-refractivity contribution in [2.24, 2.45) is 11.1 Å². The van der Waals surface area contributed by atoms with Crippen LogP contribution >= 0.6 is 0 Å². The SMILES string of the molecule is Cc1c(F)cc(C(=O)OCC2CCCC2)cc1S(N)(=O)=O. The lowest BCUT2D eigenvalue weighted by Crippen LogP contribution is -2.17. The van der Waals surface area contributed by atoms with E-state index in [0.717, 1.165) is 37.8 Å². The van der Waals surface area contributed by atoms with Gasteiger partial charge >= 0.3 is 5.97 Å². The molecule has 116 valence electrons. The Balaban J connectivity index is 2.19. The molecule has 5 nitrogen and oxygen atoms in total. The van der Waals surface area contributed by atoms with E-state index in [-0.39, 0.29) is 17.7 Å². The Kier molecular flexibility index (Phi) is 4.63. The molecule has 1 aliphatic rings. The van der Waals surface area contributed by atoms with Crippen LogP contribution in [-0.4, -0.2) is 21.0 Å². The number of ether oxygens (including phenoxy) is 1. The lowest BCUT2D eigenvalue weighted by Gasteiger charge is -2.11. The van der Waals surface area contributed by atoms with Crippen molar-refractivity contribution < 1.29 is 22.3 Å². The summed E-state index contributed by atoms with van der Waals surface area (Å²) in [6.45, 7) is 1.57. The largest absolute Gasteiger partial charge is 0.462 e. The maximum Gasteiger partial charge on any atom is 0.338 e. The van der Waals surface area contributed by atoms with Crippen LogP contribution in [-0.2, 0) is 14.8 Å². The predicted octanol–water partition coefficient (Wildman–Crippen LogP) is 2.13. The fraction of sp³-hybridized carbons (Fsp3) is 0.500. The van der Waals surface area contributed by atoms with E-state index in [9.17, 15) is 17.6 Å². The van der Waals surface area contributed by atoms with Crippen molar-refractivity contribution >= 4 is 16.0 Å². The quantitative estimate of drug-likeness (QED) is 0.862. The Morgan fingerprint density at radius 3 is 2.57 bits per heavy atom. The molecule has 0 unspecified atom stereocenters. The summed E-state index contributed by atoms with van der Waals surface area (Å²) in [7, 11) is -4.09. The first-order chi connectivity index (χ1) is 9.79. The number of sulfonamides is 1. The molecule has 0 saturated heterocycles. The van der Waals surface area contributed by atoms with Crippen molar-refractivity contribution in [3.8, 4) is 0 Å². The van der Waals surface area contributed by atoms with Crippen LogP contribution in [0.4, 0.5) is 4.39 Å². The monoisotopic (exact) mass is 315 g/mol. The van der Waals surface area contributed by atoms with Gasteiger partial charge in [0.05, 0.1) is 17.1 Å². The maximum atomic E-state index is 13.7. The molecule has 0 spiro atoms. The van der Waals surface area contributed by atoms with Gasteiger partial charge < -0.3 is 4.74 Å². The second-order valence-electron chi connectivity index (χ2n) is 5.38. The van der Waals surface area contributed by atoms with Gasteiger partial charge in [-0.15, -0.1) is 0 Å². The number of halogens is 1. The molecule has 1 fully saturated rings. The summed E-state index contributed by atoms with van der Waals surface area (Å²) in [6.07, 6.45) is 4.27. The van der Waals surface area contributed by atoms with E-state index in [0.29, 0.717) is 5.92 Å². The lowest BCUT2D eigenvalue weighted by molar-refractivity contribution is 0.0441. The first-order valence-corrected chi connectivity index (χ1v) is 8.33. The molecule has 0 aliphatic heterocycles. The number of hydrogen-bond donors (Lipinski definition) is 1. The highest BCUT2D eigenvalue weighted by Gasteiger charge is 2.21. The van der Waals surface area contributed by atoms with Crippen molar-refractivity contribution in [3.05, 3.63) is 29.1 Å². The van der Waals surface area contributed by atoms with Crippen molar-refractivity contribution in [3.63, 3.8) is 0 Å². The molecule has 0 heterocycles. The third kappa shape index (κ3) is 3.79. The topological polar surface area (TPSA) is 86.5 Å². The Morgan fingerprint density at radius 1 is 1.38 bits per heavy atom. The average Bonchev–Trinajstić information content (AvgIpc) is 2.90. The van der Waals surface area contributed by atoms with E-state index >= 15 is 0 Å². The zero-order valence-corrected chi connectivity index (χ0v) is 12.6. The Morgan fingerprint density at radius 2 is 2.00 bits per heavy atom. The second kappa shape index (κ2) is 6.11. The van der Waals surface area contributed by atoms with Gasteiger partial charge in [-0.3, -0.25) is 0 Å². The predicted molar refractivity (Wildman–Crippen MR) is 74.8 cm³/mol. The van der Waals surface area contributed by atoms with Gasteiger partial charge in [0.2, 0.25) is 10.0 Å². The van der Waals surface area contributed by atoms with Gasteiger partial charge in [0.25, 0.3) is 0 Å². The summed E-state index contributed by atoms with van der Waals surface area (Å²) in [6, 6.07) is 2.03. The van der Waals surface area contributed by atoms with E-state index in [1.165, 1.54) is 6.92 Å². The third-order valence-corrected chi connectivity index (χ3v) is 4.80.